The molecular formula is C15H29NO2. The Kier molecular flexibility index (Phi) is 8.73. The first-order chi connectivity index (χ1) is 8.47. The minimum absolute atomic E-state index is 0.118. The van der Waals surface area contributed by atoms with Crippen LogP contribution in [0.15, 0.2) is 12.7 Å². The molecular weight excluding hydrogens is 226 g/mol. The average Bonchev–Trinajstić information content (AvgIpc) is 2.38. The lowest BCUT2D eigenvalue weighted by molar-refractivity contribution is -0.116. The van der Waals surface area contributed by atoms with Crippen molar-refractivity contribution in [2.75, 3.05) is 13.2 Å². The summed E-state index contributed by atoms with van der Waals surface area (Å²) in [5.41, 5.74) is -0.137. The Labute approximate surface area is 112 Å². The predicted octanol–water partition coefficient (Wildman–Crippen LogP) is 3.30. The third kappa shape index (κ3) is 7.49. The lowest BCUT2D eigenvalue weighted by Crippen LogP contribution is -2.34. The third-order valence-corrected chi connectivity index (χ3v) is 3.64. The molecule has 0 fully saturated rings. The van der Waals surface area contributed by atoms with E-state index in [0.717, 1.165) is 25.9 Å². The monoisotopic (exact) mass is 255 g/mol. The van der Waals surface area contributed by atoms with Gasteiger partial charge in [-0.1, -0.05) is 33.8 Å². The Morgan fingerprint density at radius 1 is 1.50 bits per heavy atom. The van der Waals surface area contributed by atoms with Gasteiger partial charge in [-0.2, -0.15) is 0 Å². The first-order valence-corrected chi connectivity index (χ1v) is 7.01. The van der Waals surface area contributed by atoms with Gasteiger partial charge in [-0.3, -0.25) is 4.79 Å². The van der Waals surface area contributed by atoms with Crippen LogP contribution in [0.1, 0.15) is 53.4 Å². The maximum absolute atomic E-state index is 11.1. The molecule has 0 aliphatic rings. The Bertz CT molecular complexity index is 253. The second-order valence-corrected chi connectivity index (χ2v) is 5.20. The van der Waals surface area contributed by atoms with Gasteiger partial charge in [-0.05, 0) is 38.2 Å². The van der Waals surface area contributed by atoms with E-state index in [9.17, 15) is 4.79 Å². The van der Waals surface area contributed by atoms with Gasteiger partial charge in [0.2, 0.25) is 5.91 Å². The topological polar surface area (TPSA) is 38.3 Å². The molecule has 3 nitrogen and oxygen atoms in total. The SMILES string of the molecule is C=CC(=O)NCCC(C)(CC)OCCC(C)CC. The molecule has 0 aromatic heterocycles. The van der Waals surface area contributed by atoms with Gasteiger partial charge in [0.15, 0.2) is 0 Å². The third-order valence-electron chi connectivity index (χ3n) is 3.64. The summed E-state index contributed by atoms with van der Waals surface area (Å²) in [5.74, 6) is 0.597. The summed E-state index contributed by atoms with van der Waals surface area (Å²) < 4.78 is 5.99. The van der Waals surface area contributed by atoms with Crippen LogP contribution in [0.25, 0.3) is 0 Å². The Morgan fingerprint density at radius 3 is 2.67 bits per heavy atom. The molecule has 0 spiro atoms. The number of hydrogen-bond donors (Lipinski definition) is 1. The van der Waals surface area contributed by atoms with Crippen molar-refractivity contribution in [1.82, 2.24) is 5.32 Å². The first kappa shape index (κ1) is 17.2. The molecule has 0 saturated carbocycles. The first-order valence-electron chi connectivity index (χ1n) is 7.01. The molecule has 18 heavy (non-hydrogen) atoms. The van der Waals surface area contributed by atoms with Crippen molar-refractivity contribution in [1.29, 1.82) is 0 Å². The van der Waals surface area contributed by atoms with E-state index in [1.807, 2.05) is 0 Å². The molecule has 3 heteroatoms. The maximum Gasteiger partial charge on any atom is 0.243 e. The zero-order chi connectivity index (χ0) is 14.0. The lowest BCUT2D eigenvalue weighted by atomic mass is 9.98. The van der Waals surface area contributed by atoms with E-state index in [2.05, 4.69) is 39.6 Å². The van der Waals surface area contributed by atoms with Crippen LogP contribution >= 0.6 is 0 Å². The minimum atomic E-state index is -0.137. The van der Waals surface area contributed by atoms with Gasteiger partial charge in [0.25, 0.3) is 0 Å². The summed E-state index contributed by atoms with van der Waals surface area (Å²) >= 11 is 0. The fourth-order valence-electron chi connectivity index (χ4n) is 1.58. The lowest BCUT2D eigenvalue weighted by Gasteiger charge is -2.29. The van der Waals surface area contributed by atoms with Gasteiger partial charge in [-0.25, -0.2) is 0 Å². The summed E-state index contributed by atoms with van der Waals surface area (Å²) in [6, 6.07) is 0. The molecule has 0 aliphatic carbocycles. The molecule has 0 radical (unpaired) electrons. The maximum atomic E-state index is 11.1. The summed E-state index contributed by atoms with van der Waals surface area (Å²) in [4.78, 5) is 11.1. The molecule has 0 heterocycles. The highest BCUT2D eigenvalue weighted by Gasteiger charge is 2.22. The van der Waals surface area contributed by atoms with Gasteiger partial charge in [0.1, 0.15) is 0 Å². The molecule has 1 N–H and O–H groups in total. The van der Waals surface area contributed by atoms with Gasteiger partial charge >= 0.3 is 0 Å². The van der Waals surface area contributed by atoms with Crippen molar-refractivity contribution < 1.29 is 9.53 Å². The highest BCUT2D eigenvalue weighted by Crippen LogP contribution is 2.20. The Morgan fingerprint density at radius 2 is 2.17 bits per heavy atom. The van der Waals surface area contributed by atoms with E-state index in [0.29, 0.717) is 12.5 Å². The molecule has 106 valence electrons. The number of ether oxygens (including phenoxy) is 1. The smallest absolute Gasteiger partial charge is 0.243 e. The highest BCUT2D eigenvalue weighted by atomic mass is 16.5. The number of rotatable bonds is 10. The molecule has 0 saturated heterocycles. The van der Waals surface area contributed by atoms with Crippen molar-refractivity contribution in [3.8, 4) is 0 Å². The van der Waals surface area contributed by atoms with Crippen LogP contribution in [0.3, 0.4) is 0 Å². The van der Waals surface area contributed by atoms with Crippen LogP contribution in [-0.2, 0) is 9.53 Å². The van der Waals surface area contributed by atoms with Gasteiger partial charge in [0.05, 0.1) is 5.60 Å². The number of amides is 1. The molecule has 2 unspecified atom stereocenters. The van der Waals surface area contributed by atoms with Crippen LogP contribution in [0.4, 0.5) is 0 Å². The zero-order valence-electron chi connectivity index (χ0n) is 12.4. The number of hydrogen-bond acceptors (Lipinski definition) is 2. The molecule has 1 amide bonds. The van der Waals surface area contributed by atoms with E-state index >= 15 is 0 Å². The summed E-state index contributed by atoms with van der Waals surface area (Å²) in [6.07, 6.45) is 5.39. The molecule has 2 atom stereocenters. The molecule has 0 aromatic carbocycles. The van der Waals surface area contributed by atoms with Crippen molar-refractivity contribution in [3.63, 3.8) is 0 Å². The largest absolute Gasteiger partial charge is 0.375 e. The summed E-state index contributed by atoms with van der Waals surface area (Å²) in [6.45, 7) is 13.6. The Hall–Kier alpha value is -0.830. The van der Waals surface area contributed by atoms with Crippen LogP contribution in [0, 0.1) is 5.92 Å². The molecule has 0 aliphatic heterocycles. The van der Waals surface area contributed by atoms with E-state index in [4.69, 9.17) is 4.74 Å². The van der Waals surface area contributed by atoms with Crippen LogP contribution in [0.5, 0.6) is 0 Å². The van der Waals surface area contributed by atoms with E-state index < -0.39 is 0 Å². The second kappa shape index (κ2) is 9.15. The molecule has 0 rings (SSSR count). The molecule has 0 aromatic rings. The predicted molar refractivity (Wildman–Crippen MR) is 76.5 cm³/mol. The van der Waals surface area contributed by atoms with Crippen LogP contribution in [-0.4, -0.2) is 24.7 Å². The summed E-state index contributed by atoms with van der Waals surface area (Å²) in [5, 5.41) is 2.80. The highest BCUT2D eigenvalue weighted by molar-refractivity contribution is 5.86. The van der Waals surface area contributed by atoms with Crippen molar-refractivity contribution >= 4 is 5.91 Å². The van der Waals surface area contributed by atoms with E-state index in [1.54, 1.807) is 0 Å². The van der Waals surface area contributed by atoms with Crippen molar-refractivity contribution in [2.24, 2.45) is 5.92 Å². The standard InChI is InChI=1S/C15H29NO2/c1-6-13(4)9-12-18-15(5,8-3)10-11-16-14(17)7-2/h7,13H,2,6,8-12H2,1,3-5H3,(H,16,17). The second-order valence-electron chi connectivity index (χ2n) is 5.20. The molecule has 0 bridgehead atoms. The number of carbonyl (C=O) groups is 1. The fourth-order valence-corrected chi connectivity index (χ4v) is 1.58. The van der Waals surface area contributed by atoms with Crippen molar-refractivity contribution in [2.45, 2.75) is 59.0 Å². The number of nitrogens with one attached hydrogen (secondary N) is 1. The zero-order valence-corrected chi connectivity index (χ0v) is 12.4. The van der Waals surface area contributed by atoms with Crippen molar-refractivity contribution in [3.05, 3.63) is 12.7 Å². The van der Waals surface area contributed by atoms with E-state index in [1.165, 1.54) is 12.5 Å². The average molecular weight is 255 g/mol. The van der Waals surface area contributed by atoms with Gasteiger partial charge in [0, 0.05) is 13.2 Å². The van der Waals surface area contributed by atoms with Gasteiger partial charge < -0.3 is 10.1 Å². The van der Waals surface area contributed by atoms with E-state index in [-0.39, 0.29) is 11.5 Å². The quantitative estimate of drug-likeness (QED) is 0.608. The van der Waals surface area contributed by atoms with Crippen LogP contribution < -0.4 is 5.32 Å². The number of carbonyl (C=O) groups excluding carboxylic acids is 1. The minimum Gasteiger partial charge on any atom is -0.375 e. The fraction of sp³-hybridized carbons (Fsp3) is 0.800. The summed E-state index contributed by atoms with van der Waals surface area (Å²) in [7, 11) is 0. The normalized spacial score (nSPS) is 15.8. The Balaban J connectivity index is 3.94. The van der Waals surface area contributed by atoms with Crippen LogP contribution in [0.2, 0.25) is 0 Å². The van der Waals surface area contributed by atoms with Gasteiger partial charge in [-0.15, -0.1) is 0 Å².